The first-order valence-corrected chi connectivity index (χ1v) is 9.74. The molecule has 2 aliphatic rings. The Morgan fingerprint density at radius 2 is 1.75 bits per heavy atom. The van der Waals surface area contributed by atoms with E-state index in [0.29, 0.717) is 30.6 Å². The minimum absolute atomic E-state index is 0.348. The lowest BCUT2D eigenvalue weighted by Gasteiger charge is -2.40. The number of aryl methyl sites for hydroxylation is 1. The molecule has 0 saturated carbocycles. The third-order valence-corrected chi connectivity index (χ3v) is 5.93. The number of benzene rings is 1. The Labute approximate surface area is 147 Å². The molecular formula is C21H32N2O. The van der Waals surface area contributed by atoms with Crippen LogP contribution in [-0.4, -0.2) is 46.9 Å². The van der Waals surface area contributed by atoms with Gasteiger partial charge in [-0.05, 0) is 70.9 Å². The molecule has 0 unspecified atom stereocenters. The minimum Gasteiger partial charge on any atom is -0.336 e. The van der Waals surface area contributed by atoms with Gasteiger partial charge in [0.2, 0.25) is 5.91 Å². The molecule has 3 heteroatoms. The fourth-order valence-electron chi connectivity index (χ4n) is 4.58. The largest absolute Gasteiger partial charge is 0.336 e. The number of carbonyl (C=O) groups is 1. The van der Waals surface area contributed by atoms with Crippen molar-refractivity contribution in [2.75, 3.05) is 13.1 Å². The average Bonchev–Trinajstić information content (AvgIpc) is 3.01. The zero-order valence-electron chi connectivity index (χ0n) is 15.3. The molecule has 24 heavy (non-hydrogen) atoms. The van der Waals surface area contributed by atoms with Gasteiger partial charge in [-0.25, -0.2) is 0 Å². The molecule has 3 nitrogen and oxygen atoms in total. The van der Waals surface area contributed by atoms with Crippen molar-refractivity contribution in [1.29, 1.82) is 0 Å². The summed E-state index contributed by atoms with van der Waals surface area (Å²) in [4.78, 5) is 17.5. The molecule has 0 N–H and O–H groups in total. The number of piperidine rings is 1. The van der Waals surface area contributed by atoms with Crippen LogP contribution in [0.25, 0.3) is 0 Å². The van der Waals surface area contributed by atoms with Crippen LogP contribution in [0.3, 0.4) is 0 Å². The van der Waals surface area contributed by atoms with E-state index in [9.17, 15) is 4.79 Å². The van der Waals surface area contributed by atoms with Gasteiger partial charge in [-0.15, -0.1) is 0 Å². The van der Waals surface area contributed by atoms with Gasteiger partial charge < -0.3 is 4.90 Å². The maximum Gasteiger partial charge on any atom is 0.237 e. The average molecular weight is 328 g/mol. The van der Waals surface area contributed by atoms with Gasteiger partial charge >= 0.3 is 0 Å². The Morgan fingerprint density at radius 3 is 2.46 bits per heavy atom. The van der Waals surface area contributed by atoms with Crippen molar-refractivity contribution in [3.8, 4) is 0 Å². The Balaban J connectivity index is 1.54. The highest BCUT2D eigenvalue weighted by Crippen LogP contribution is 2.25. The summed E-state index contributed by atoms with van der Waals surface area (Å²) >= 11 is 0. The van der Waals surface area contributed by atoms with E-state index >= 15 is 0 Å². The van der Waals surface area contributed by atoms with E-state index < -0.39 is 0 Å². The van der Waals surface area contributed by atoms with Gasteiger partial charge in [0.25, 0.3) is 0 Å². The maximum absolute atomic E-state index is 12.9. The van der Waals surface area contributed by atoms with Crippen LogP contribution in [0, 0.1) is 0 Å². The first kappa shape index (κ1) is 17.5. The molecule has 3 rings (SSSR count). The summed E-state index contributed by atoms with van der Waals surface area (Å²) in [6.07, 6.45) is 8.34. The molecule has 0 bridgehead atoms. The smallest absolute Gasteiger partial charge is 0.237 e. The van der Waals surface area contributed by atoms with E-state index in [0.717, 1.165) is 25.8 Å². The molecule has 2 saturated heterocycles. The molecule has 0 aromatic heterocycles. The standard InChI is InChI=1S/C21H32N2O/c1-17-8-6-9-18(2)23(17)21(24)16-22-15-7-12-20(22)14-13-19-10-4-3-5-11-19/h3-5,10-11,17-18,20H,6-9,12-16H2,1-2H3/t17-,18-,20-/m1/s1. The SMILES string of the molecule is C[C@@H]1CCC[C@@H](C)N1C(=O)CN1CCC[C@@H]1CCc1ccccc1. The first-order valence-electron chi connectivity index (χ1n) is 9.74. The van der Waals surface area contributed by atoms with Crippen molar-refractivity contribution in [3.05, 3.63) is 35.9 Å². The summed E-state index contributed by atoms with van der Waals surface area (Å²) in [6, 6.07) is 12.1. The second kappa shape index (κ2) is 8.15. The van der Waals surface area contributed by atoms with Gasteiger partial charge in [-0.1, -0.05) is 30.3 Å². The third kappa shape index (κ3) is 4.18. The number of hydrogen-bond acceptors (Lipinski definition) is 2. The molecule has 0 aliphatic carbocycles. The Bertz CT molecular complexity index is 520. The lowest BCUT2D eigenvalue weighted by Crippen LogP contribution is -2.51. The summed E-state index contributed by atoms with van der Waals surface area (Å²) in [5.41, 5.74) is 1.41. The molecule has 2 fully saturated rings. The normalized spacial score (nSPS) is 28.2. The van der Waals surface area contributed by atoms with Crippen LogP contribution >= 0.6 is 0 Å². The number of rotatable bonds is 5. The predicted octanol–water partition coefficient (Wildman–Crippen LogP) is 3.87. The summed E-state index contributed by atoms with van der Waals surface area (Å²) in [6.45, 7) is 6.13. The van der Waals surface area contributed by atoms with Gasteiger partial charge in [-0.2, -0.15) is 0 Å². The highest BCUT2D eigenvalue weighted by molar-refractivity contribution is 5.79. The molecule has 2 heterocycles. The Kier molecular flexibility index (Phi) is 5.94. The van der Waals surface area contributed by atoms with Crippen molar-refractivity contribution in [3.63, 3.8) is 0 Å². The van der Waals surface area contributed by atoms with Crippen LogP contribution in [0.15, 0.2) is 30.3 Å². The van der Waals surface area contributed by atoms with E-state index in [1.807, 2.05) is 0 Å². The summed E-state index contributed by atoms with van der Waals surface area (Å²) in [7, 11) is 0. The molecule has 0 radical (unpaired) electrons. The first-order chi connectivity index (χ1) is 11.6. The van der Waals surface area contributed by atoms with E-state index in [-0.39, 0.29) is 0 Å². The molecule has 1 aromatic rings. The van der Waals surface area contributed by atoms with Crippen molar-refractivity contribution in [1.82, 2.24) is 9.80 Å². The molecular weight excluding hydrogens is 296 g/mol. The number of carbonyl (C=O) groups excluding carboxylic acids is 1. The van der Waals surface area contributed by atoms with Crippen molar-refractivity contribution in [2.24, 2.45) is 0 Å². The molecule has 2 aliphatic heterocycles. The monoisotopic (exact) mass is 328 g/mol. The Hall–Kier alpha value is -1.35. The maximum atomic E-state index is 12.9. The van der Waals surface area contributed by atoms with Gasteiger partial charge in [-0.3, -0.25) is 9.69 Å². The topological polar surface area (TPSA) is 23.6 Å². The Morgan fingerprint density at radius 1 is 1.04 bits per heavy atom. The fourth-order valence-corrected chi connectivity index (χ4v) is 4.58. The highest BCUT2D eigenvalue weighted by Gasteiger charge is 2.32. The minimum atomic E-state index is 0.348. The lowest BCUT2D eigenvalue weighted by atomic mass is 9.97. The zero-order valence-corrected chi connectivity index (χ0v) is 15.3. The quantitative estimate of drug-likeness (QED) is 0.819. The molecule has 0 spiro atoms. The van der Waals surface area contributed by atoms with Crippen LogP contribution in [0.1, 0.15) is 57.9 Å². The van der Waals surface area contributed by atoms with Crippen LogP contribution in [0.5, 0.6) is 0 Å². The number of nitrogens with zero attached hydrogens (tertiary/aromatic N) is 2. The van der Waals surface area contributed by atoms with E-state index in [2.05, 4.69) is 54.0 Å². The molecule has 3 atom stereocenters. The fraction of sp³-hybridized carbons (Fsp3) is 0.667. The lowest BCUT2D eigenvalue weighted by molar-refractivity contribution is -0.138. The third-order valence-electron chi connectivity index (χ3n) is 5.93. The van der Waals surface area contributed by atoms with E-state index in [1.54, 1.807) is 0 Å². The second-order valence-electron chi connectivity index (χ2n) is 7.72. The van der Waals surface area contributed by atoms with Crippen LogP contribution in [0.4, 0.5) is 0 Å². The van der Waals surface area contributed by atoms with Crippen molar-refractivity contribution in [2.45, 2.75) is 76.9 Å². The summed E-state index contributed by atoms with van der Waals surface area (Å²) in [5.74, 6) is 0.348. The summed E-state index contributed by atoms with van der Waals surface area (Å²) in [5, 5.41) is 0. The second-order valence-corrected chi connectivity index (χ2v) is 7.72. The predicted molar refractivity (Wildman–Crippen MR) is 99.0 cm³/mol. The van der Waals surface area contributed by atoms with E-state index in [4.69, 9.17) is 0 Å². The highest BCUT2D eigenvalue weighted by atomic mass is 16.2. The van der Waals surface area contributed by atoms with Crippen LogP contribution < -0.4 is 0 Å². The van der Waals surface area contributed by atoms with Gasteiger partial charge in [0.05, 0.1) is 6.54 Å². The van der Waals surface area contributed by atoms with E-state index in [1.165, 1.54) is 31.2 Å². The van der Waals surface area contributed by atoms with Crippen LogP contribution in [-0.2, 0) is 11.2 Å². The zero-order chi connectivity index (χ0) is 16.9. The van der Waals surface area contributed by atoms with Gasteiger partial charge in [0.15, 0.2) is 0 Å². The number of hydrogen-bond donors (Lipinski definition) is 0. The molecule has 1 amide bonds. The molecule has 1 aromatic carbocycles. The molecule has 132 valence electrons. The van der Waals surface area contributed by atoms with Gasteiger partial charge in [0.1, 0.15) is 0 Å². The number of amides is 1. The van der Waals surface area contributed by atoms with Crippen LogP contribution in [0.2, 0.25) is 0 Å². The van der Waals surface area contributed by atoms with Gasteiger partial charge in [0, 0.05) is 18.1 Å². The summed E-state index contributed by atoms with van der Waals surface area (Å²) < 4.78 is 0. The van der Waals surface area contributed by atoms with Crippen molar-refractivity contribution < 1.29 is 4.79 Å². The number of likely N-dealkylation sites (tertiary alicyclic amines) is 2. The van der Waals surface area contributed by atoms with Crippen molar-refractivity contribution >= 4 is 5.91 Å².